The number of nitrogens with zero attached hydrogens (tertiary/aromatic N) is 2. The molecule has 2 atom stereocenters. The third-order valence-corrected chi connectivity index (χ3v) is 5.53. The second kappa shape index (κ2) is 7.28. The number of likely N-dealkylation sites (tertiary alicyclic amines) is 2. The lowest BCUT2D eigenvalue weighted by Gasteiger charge is -2.37. The van der Waals surface area contributed by atoms with Gasteiger partial charge in [-0.1, -0.05) is 6.42 Å². The molecule has 0 aromatic carbocycles. The summed E-state index contributed by atoms with van der Waals surface area (Å²) in [6, 6.07) is 1.34. The molecule has 3 fully saturated rings. The van der Waals surface area contributed by atoms with Gasteiger partial charge in [0.1, 0.15) is 0 Å². The Morgan fingerprint density at radius 2 is 1.86 bits per heavy atom. The Hall–Kier alpha value is -0.650. The molecule has 1 aliphatic carbocycles. The monoisotopic (exact) mass is 309 g/mol. The van der Waals surface area contributed by atoms with Crippen LogP contribution in [0.25, 0.3) is 0 Å². The molecule has 1 saturated carbocycles. The van der Waals surface area contributed by atoms with Gasteiger partial charge in [-0.15, -0.1) is 0 Å². The zero-order valence-electron chi connectivity index (χ0n) is 13.8. The molecule has 0 radical (unpaired) electrons. The van der Waals surface area contributed by atoms with E-state index in [1.807, 2.05) is 6.92 Å². The van der Waals surface area contributed by atoms with Crippen LogP contribution in [0.5, 0.6) is 0 Å². The van der Waals surface area contributed by atoms with Gasteiger partial charge in [0.15, 0.2) is 0 Å². The van der Waals surface area contributed by atoms with Crippen molar-refractivity contribution >= 4 is 5.91 Å². The maximum Gasteiger partial charge on any atom is 0.234 e. The van der Waals surface area contributed by atoms with Gasteiger partial charge in [0.25, 0.3) is 0 Å². The number of aliphatic hydroxyl groups excluding tert-OH is 1. The predicted molar refractivity (Wildman–Crippen MR) is 86.7 cm³/mol. The highest BCUT2D eigenvalue weighted by Crippen LogP contribution is 2.29. The minimum absolute atomic E-state index is 0.137. The summed E-state index contributed by atoms with van der Waals surface area (Å²) < 4.78 is 0. The van der Waals surface area contributed by atoms with Crippen molar-refractivity contribution in [3.05, 3.63) is 0 Å². The van der Waals surface area contributed by atoms with Gasteiger partial charge in [0.05, 0.1) is 12.6 Å². The van der Waals surface area contributed by atoms with Gasteiger partial charge in [-0.25, -0.2) is 0 Å². The Kier molecular flexibility index (Phi) is 5.37. The number of nitrogens with one attached hydrogen (secondary N) is 1. The molecule has 1 amide bonds. The van der Waals surface area contributed by atoms with Crippen LogP contribution in [0.15, 0.2) is 0 Å². The van der Waals surface area contributed by atoms with Crippen molar-refractivity contribution in [2.24, 2.45) is 0 Å². The lowest BCUT2D eigenvalue weighted by atomic mass is 9.98. The maximum atomic E-state index is 12.3. The maximum absolute atomic E-state index is 12.3. The van der Waals surface area contributed by atoms with Crippen molar-refractivity contribution in [2.75, 3.05) is 26.2 Å². The molecular weight excluding hydrogens is 278 g/mol. The van der Waals surface area contributed by atoms with E-state index in [4.69, 9.17) is 0 Å². The summed E-state index contributed by atoms with van der Waals surface area (Å²) >= 11 is 0. The highest BCUT2D eigenvalue weighted by atomic mass is 16.3. The third kappa shape index (κ3) is 4.21. The smallest absolute Gasteiger partial charge is 0.234 e. The minimum atomic E-state index is -0.352. The molecule has 22 heavy (non-hydrogen) atoms. The van der Waals surface area contributed by atoms with E-state index in [1.54, 1.807) is 0 Å². The molecule has 2 heterocycles. The van der Waals surface area contributed by atoms with Gasteiger partial charge >= 0.3 is 0 Å². The molecular formula is C17H31N3O2. The van der Waals surface area contributed by atoms with Crippen molar-refractivity contribution in [3.63, 3.8) is 0 Å². The third-order valence-electron chi connectivity index (χ3n) is 5.53. The molecule has 0 bridgehead atoms. The Labute approximate surface area is 134 Å². The van der Waals surface area contributed by atoms with Crippen LogP contribution in [0.2, 0.25) is 0 Å². The Balaban J connectivity index is 1.41. The van der Waals surface area contributed by atoms with Crippen molar-refractivity contribution in [1.82, 2.24) is 15.1 Å². The number of amides is 1. The van der Waals surface area contributed by atoms with E-state index in [-0.39, 0.29) is 18.1 Å². The molecule has 2 unspecified atom stereocenters. The first-order chi connectivity index (χ1) is 10.6. The van der Waals surface area contributed by atoms with Crippen molar-refractivity contribution in [3.8, 4) is 0 Å². The van der Waals surface area contributed by atoms with Crippen molar-refractivity contribution < 1.29 is 9.90 Å². The molecule has 0 aromatic heterocycles. The average molecular weight is 309 g/mol. The van der Waals surface area contributed by atoms with Crippen LogP contribution in [0, 0.1) is 0 Å². The Morgan fingerprint density at radius 1 is 1.14 bits per heavy atom. The first-order valence-electron chi connectivity index (χ1n) is 9.09. The van der Waals surface area contributed by atoms with Crippen LogP contribution in [0.3, 0.4) is 0 Å². The number of hydrogen-bond acceptors (Lipinski definition) is 4. The molecule has 3 rings (SSSR count). The fraction of sp³-hybridized carbons (Fsp3) is 0.941. The largest absolute Gasteiger partial charge is 0.392 e. The summed E-state index contributed by atoms with van der Waals surface area (Å²) in [7, 11) is 0. The lowest BCUT2D eigenvalue weighted by molar-refractivity contribution is -0.124. The molecule has 5 nitrogen and oxygen atoms in total. The number of hydrogen-bond donors (Lipinski definition) is 2. The highest BCUT2D eigenvalue weighted by Gasteiger charge is 2.33. The van der Waals surface area contributed by atoms with E-state index >= 15 is 0 Å². The summed E-state index contributed by atoms with van der Waals surface area (Å²) in [4.78, 5) is 17.1. The lowest BCUT2D eigenvalue weighted by Crippen LogP contribution is -2.52. The van der Waals surface area contributed by atoms with Crippen molar-refractivity contribution in [2.45, 2.75) is 76.1 Å². The van der Waals surface area contributed by atoms with Crippen LogP contribution in [0.1, 0.15) is 51.9 Å². The molecule has 0 spiro atoms. The minimum Gasteiger partial charge on any atom is -0.392 e. The van der Waals surface area contributed by atoms with Crippen LogP contribution in [-0.4, -0.2) is 71.2 Å². The number of carbonyl (C=O) groups is 1. The summed E-state index contributed by atoms with van der Waals surface area (Å²) in [6.45, 7) is 5.49. The van der Waals surface area contributed by atoms with Crippen LogP contribution >= 0.6 is 0 Å². The number of rotatable bonds is 5. The van der Waals surface area contributed by atoms with Gasteiger partial charge in [-0.2, -0.15) is 0 Å². The summed E-state index contributed by atoms with van der Waals surface area (Å²) in [5, 5.41) is 13.1. The van der Waals surface area contributed by atoms with E-state index < -0.39 is 0 Å². The standard InChI is InChI=1S/C17H31N3O2/c1-13(21)16-4-2-3-9-20(16)12-17(22)18-14-7-10-19(11-8-14)15-5-6-15/h13-16,21H,2-12H2,1H3,(H,18,22). The summed E-state index contributed by atoms with van der Waals surface area (Å²) in [6.07, 6.45) is 7.85. The molecule has 0 aromatic rings. The highest BCUT2D eigenvalue weighted by molar-refractivity contribution is 5.78. The zero-order valence-corrected chi connectivity index (χ0v) is 13.8. The second-order valence-corrected chi connectivity index (χ2v) is 7.38. The van der Waals surface area contributed by atoms with E-state index in [9.17, 15) is 9.90 Å². The molecule has 2 aliphatic heterocycles. The summed E-state index contributed by atoms with van der Waals surface area (Å²) in [5.41, 5.74) is 0. The molecule has 126 valence electrons. The first-order valence-corrected chi connectivity index (χ1v) is 9.09. The number of piperidine rings is 2. The van der Waals surface area contributed by atoms with Crippen LogP contribution < -0.4 is 5.32 Å². The van der Waals surface area contributed by atoms with Gasteiger partial charge in [-0.05, 0) is 52.0 Å². The van der Waals surface area contributed by atoms with Gasteiger partial charge in [0.2, 0.25) is 5.91 Å². The van der Waals surface area contributed by atoms with Crippen molar-refractivity contribution in [1.29, 1.82) is 0 Å². The number of carbonyl (C=O) groups excluding carboxylic acids is 1. The molecule has 5 heteroatoms. The Morgan fingerprint density at radius 3 is 2.50 bits per heavy atom. The van der Waals surface area contributed by atoms with Gasteiger partial charge in [0, 0.05) is 31.2 Å². The van der Waals surface area contributed by atoms with E-state index in [1.165, 1.54) is 12.8 Å². The molecule has 2 N–H and O–H groups in total. The van der Waals surface area contributed by atoms with Gasteiger partial charge in [-0.3, -0.25) is 9.69 Å². The average Bonchev–Trinajstić information content (AvgIpc) is 3.33. The SMILES string of the molecule is CC(O)C1CCCCN1CC(=O)NC1CCN(C2CC2)CC1. The van der Waals surface area contributed by atoms with Crippen LogP contribution in [-0.2, 0) is 4.79 Å². The number of aliphatic hydroxyl groups is 1. The quantitative estimate of drug-likeness (QED) is 0.794. The summed E-state index contributed by atoms with van der Waals surface area (Å²) in [5.74, 6) is 0.137. The predicted octanol–water partition coefficient (Wildman–Crippen LogP) is 0.965. The van der Waals surface area contributed by atoms with E-state index in [0.717, 1.165) is 57.8 Å². The van der Waals surface area contributed by atoms with Gasteiger partial charge < -0.3 is 15.3 Å². The normalized spacial score (nSPS) is 30.2. The zero-order chi connectivity index (χ0) is 15.5. The van der Waals surface area contributed by atoms with Crippen LogP contribution in [0.4, 0.5) is 0 Å². The fourth-order valence-electron chi connectivity index (χ4n) is 4.07. The van der Waals surface area contributed by atoms with E-state index in [0.29, 0.717) is 12.6 Å². The Bertz CT molecular complexity index is 376. The topological polar surface area (TPSA) is 55.8 Å². The molecule has 2 saturated heterocycles. The fourth-order valence-corrected chi connectivity index (χ4v) is 4.07. The first kappa shape index (κ1) is 16.2. The molecule has 3 aliphatic rings. The van der Waals surface area contributed by atoms with E-state index in [2.05, 4.69) is 15.1 Å². The second-order valence-electron chi connectivity index (χ2n) is 7.38.